The van der Waals surface area contributed by atoms with Gasteiger partial charge in [-0.25, -0.2) is 0 Å². The summed E-state index contributed by atoms with van der Waals surface area (Å²) in [5.41, 5.74) is 40.8. The van der Waals surface area contributed by atoms with Crippen LogP contribution >= 0.6 is 22.9 Å². The summed E-state index contributed by atoms with van der Waals surface area (Å²) in [6.45, 7) is 6.07. The maximum absolute atomic E-state index is 14.0. The quantitative estimate of drug-likeness (QED) is 0.00760. The minimum Gasteiger partial charge on any atom is -0.485 e. The van der Waals surface area contributed by atoms with E-state index in [1.165, 1.54) is 17.2 Å². The highest BCUT2D eigenvalue weighted by atomic mass is 35.5. The van der Waals surface area contributed by atoms with Crippen molar-refractivity contribution in [2.45, 2.75) is 118 Å². The number of hydrogen-bond donors (Lipinski definition) is 12. The molecule has 0 aliphatic carbocycles. The molecule has 26 nitrogen and oxygen atoms in total. The van der Waals surface area contributed by atoms with E-state index >= 15 is 0 Å². The number of aliphatic imine (C=N–C) groups is 3. The molecular formula is C97H117ClN18O8S. The fourth-order valence-electron chi connectivity index (χ4n) is 15.7. The number of hydrogen-bond acceptors (Lipinski definition) is 15. The zero-order valence-electron chi connectivity index (χ0n) is 70.5. The zero-order valence-corrected chi connectivity index (χ0v) is 72.1. The molecule has 0 spiro atoms. The number of amides is 6. The van der Waals surface area contributed by atoms with Crippen molar-refractivity contribution in [1.29, 1.82) is 0 Å². The van der Waals surface area contributed by atoms with Crippen LogP contribution in [0.3, 0.4) is 0 Å². The molecule has 3 fully saturated rings. The van der Waals surface area contributed by atoms with Gasteiger partial charge in [0.1, 0.15) is 6.61 Å². The molecule has 6 amide bonds. The molecule has 3 saturated heterocycles. The topological polar surface area (TPSA) is 396 Å². The Kier molecular flexibility index (Phi) is 36.9. The number of nitrogens with zero attached hydrogens (tertiary/aromatic N) is 6. The highest BCUT2D eigenvalue weighted by molar-refractivity contribution is 7.10. The average molecular weight is 1730 g/mol. The number of para-hydroxylation sites is 2. The number of nitrogens with one attached hydrogen (secondary N) is 6. The summed E-state index contributed by atoms with van der Waals surface area (Å²) in [4.78, 5) is 99.0. The van der Waals surface area contributed by atoms with Gasteiger partial charge >= 0.3 is 0 Å². The van der Waals surface area contributed by atoms with Gasteiger partial charge in [0.25, 0.3) is 5.91 Å². The van der Waals surface area contributed by atoms with E-state index in [-0.39, 0.29) is 95.8 Å². The van der Waals surface area contributed by atoms with Gasteiger partial charge < -0.3 is 90.5 Å². The normalized spacial score (nSPS) is 18.3. The van der Waals surface area contributed by atoms with Crippen LogP contribution in [0.2, 0.25) is 5.02 Å². The number of rotatable bonds is 35. The zero-order chi connectivity index (χ0) is 87.9. The Morgan fingerprint density at radius 1 is 0.432 bits per heavy atom. The van der Waals surface area contributed by atoms with E-state index in [2.05, 4.69) is 120 Å². The van der Waals surface area contributed by atoms with E-state index in [1.807, 2.05) is 178 Å². The summed E-state index contributed by atoms with van der Waals surface area (Å²) in [5, 5.41) is 22.2. The summed E-state index contributed by atoms with van der Waals surface area (Å²) in [6.07, 6.45) is 11.7. The first kappa shape index (κ1) is 93.0. The molecule has 18 N–H and O–H groups in total. The van der Waals surface area contributed by atoms with Gasteiger partial charge in [0.15, 0.2) is 29.4 Å². The molecule has 0 saturated carbocycles. The van der Waals surface area contributed by atoms with E-state index in [0.29, 0.717) is 146 Å². The van der Waals surface area contributed by atoms with Gasteiger partial charge in [-0.15, -0.1) is 11.3 Å². The van der Waals surface area contributed by atoms with Gasteiger partial charge in [0, 0.05) is 136 Å². The number of guanidine groups is 3. The maximum Gasteiger partial charge on any atom is 0.264 e. The molecule has 0 unspecified atom stereocenters. The molecule has 1 aromatic heterocycles. The molecule has 8 aromatic carbocycles. The third-order valence-corrected chi connectivity index (χ3v) is 23.3. The standard InChI is InChI=1S/C33H39ClN6O2.C33H40N6O4.C31H38N6O2S/c34-27-16-13-24(14-17-27)15-18-31(41)38-22-28-19-21-40(32(42)30(39-28)12-7-20-37-33(35)36)23-29(25-8-3-1-4-9-25)26-10-5-2-6-11-26;34-33(35)36-18-9-14-27-32(41)39(21-26(23-10-3-1-4-11-23)24-12-5-2-6-13-24)19-17-25(38-27)20-37-31(40)30-22-42-28-15-7-8-16-29(28)43-30;32-31(33)34-18-7-14-28-30(39)37(22-27(23-9-3-1-4-10-23)24-11-5-2-6-12-24)19-17-25(36-28)21-35-29(38)16-15-26-13-8-20-40-26/h1-6,8-11,13-18,28-30,39H,7,12,19-23H2,(H,38,41)(H4,35,36,37);1-8,10-13,15-16,25-27,30,38H,9,14,17-22H2,(H,37,40)(H4,34,35,36);1-6,8-13,15-16,20,25,27-28,36H,7,14,17-19,21-22H2,(H,35,38)(H4,32,33,34)/b18-15+;;16-15+/t28-,30-;25-,27-,30-;25-,28-/m000/s1. The minimum absolute atomic E-state index is 0.0243. The number of carbonyl (C=O) groups is 6. The third-order valence-electron chi connectivity index (χ3n) is 22.2. The lowest BCUT2D eigenvalue weighted by molar-refractivity contribution is -0.133. The minimum atomic E-state index is -0.744. The van der Waals surface area contributed by atoms with Gasteiger partial charge in [0.2, 0.25) is 35.6 Å². The molecule has 0 radical (unpaired) electrons. The summed E-state index contributed by atoms with van der Waals surface area (Å²) in [6, 6.07) is 78.8. The van der Waals surface area contributed by atoms with Crippen molar-refractivity contribution in [2.24, 2.45) is 49.4 Å². The summed E-state index contributed by atoms with van der Waals surface area (Å²) >= 11 is 7.52. The Balaban J connectivity index is 0.000000182. The maximum atomic E-state index is 14.0. The van der Waals surface area contributed by atoms with Gasteiger partial charge in [-0.3, -0.25) is 43.7 Å². The Morgan fingerprint density at radius 3 is 1.11 bits per heavy atom. The third kappa shape index (κ3) is 30.4. The molecule has 5 heterocycles. The van der Waals surface area contributed by atoms with Crippen LogP contribution in [0, 0.1) is 0 Å². The Hall–Kier alpha value is -12.7. The lowest BCUT2D eigenvalue weighted by Gasteiger charge is -2.29. The Labute approximate surface area is 741 Å². The van der Waals surface area contributed by atoms with E-state index < -0.39 is 24.2 Å². The predicted molar refractivity (Wildman–Crippen MR) is 499 cm³/mol. The van der Waals surface area contributed by atoms with Crippen molar-refractivity contribution in [3.8, 4) is 11.5 Å². The van der Waals surface area contributed by atoms with Crippen molar-refractivity contribution in [2.75, 3.05) is 85.1 Å². The van der Waals surface area contributed by atoms with Crippen LogP contribution in [-0.2, 0) is 28.8 Å². The van der Waals surface area contributed by atoms with E-state index in [4.69, 9.17) is 55.5 Å². The van der Waals surface area contributed by atoms with Crippen LogP contribution in [0.25, 0.3) is 12.2 Å². The Morgan fingerprint density at radius 2 is 0.768 bits per heavy atom. The second-order valence-electron chi connectivity index (χ2n) is 31.3. The first-order valence-electron chi connectivity index (χ1n) is 42.8. The summed E-state index contributed by atoms with van der Waals surface area (Å²) in [7, 11) is 0. The fraction of sp³-hybridized carbons (Fsp3) is 0.330. The number of halogens is 1. The molecule has 656 valence electrons. The summed E-state index contributed by atoms with van der Waals surface area (Å²) < 4.78 is 11.6. The Bertz CT molecular complexity index is 4860. The summed E-state index contributed by atoms with van der Waals surface area (Å²) in [5.74, 6) is 0.960. The van der Waals surface area contributed by atoms with Gasteiger partial charge in [-0.2, -0.15) is 0 Å². The van der Waals surface area contributed by atoms with Gasteiger partial charge in [0.05, 0.1) is 18.1 Å². The SMILES string of the molecule is NC(N)=NCCC[C@@H]1N[C@H](CNC(=O)/C=C/c2ccc(Cl)cc2)CCN(CC(c2ccccc2)c2ccccc2)C1=O.NC(N)=NCCC[C@@H]1N[C@H](CNC(=O)/C=C/c2cccs2)CCN(CC(c2ccccc2)c2ccccc2)C1=O.NC(N)=NCCC[C@@H]1N[C@H](CNC(=O)[C@@H]2COc3ccccc3O2)CCN(CC(c2ccccc2)c2ccccc2)C1=O. The first-order valence-corrected chi connectivity index (χ1v) is 44.1. The van der Waals surface area contributed by atoms with Crippen LogP contribution in [0.5, 0.6) is 11.5 Å². The number of nitrogens with two attached hydrogens (primary N) is 6. The molecular weight excluding hydrogens is 1610 g/mol. The average Bonchev–Trinajstić information content (AvgIpc) is 1.82. The lowest BCUT2D eigenvalue weighted by Crippen LogP contribution is -2.51. The fourth-order valence-corrected chi connectivity index (χ4v) is 16.5. The van der Waals surface area contributed by atoms with Crippen LogP contribution in [0.4, 0.5) is 0 Å². The molecule has 13 rings (SSSR count). The highest BCUT2D eigenvalue weighted by Crippen LogP contribution is 2.34. The van der Waals surface area contributed by atoms with Crippen molar-refractivity contribution >= 4 is 88.4 Å². The molecule has 4 aliphatic rings. The number of benzene rings is 8. The van der Waals surface area contributed by atoms with Crippen molar-refractivity contribution in [3.63, 3.8) is 0 Å². The van der Waals surface area contributed by atoms with Crippen molar-refractivity contribution in [1.82, 2.24) is 46.6 Å². The number of thiophene rings is 1. The van der Waals surface area contributed by atoms with Crippen LogP contribution < -0.4 is 75.8 Å². The van der Waals surface area contributed by atoms with Gasteiger partial charge in [-0.1, -0.05) is 224 Å². The van der Waals surface area contributed by atoms with E-state index in [0.717, 1.165) is 39.1 Å². The van der Waals surface area contributed by atoms with Crippen molar-refractivity contribution in [3.05, 3.63) is 309 Å². The molecule has 28 heteroatoms. The van der Waals surface area contributed by atoms with Crippen molar-refractivity contribution < 1.29 is 38.2 Å². The number of ether oxygens (including phenoxy) is 2. The van der Waals surface area contributed by atoms with Gasteiger partial charge in [-0.05, 0) is 145 Å². The molecule has 7 atom stereocenters. The number of carbonyl (C=O) groups excluding carboxylic acids is 6. The van der Waals surface area contributed by atoms with E-state index in [9.17, 15) is 28.8 Å². The van der Waals surface area contributed by atoms with Crippen LogP contribution in [-0.4, -0.2) is 196 Å². The number of fused-ring (bicyclic) bond motifs is 1. The van der Waals surface area contributed by atoms with Crippen LogP contribution in [0.1, 0.15) is 119 Å². The molecule has 9 aromatic rings. The second kappa shape index (κ2) is 49.6. The van der Waals surface area contributed by atoms with E-state index in [1.54, 1.807) is 41.7 Å². The largest absolute Gasteiger partial charge is 0.485 e. The molecule has 4 aliphatic heterocycles. The smallest absolute Gasteiger partial charge is 0.264 e. The highest BCUT2D eigenvalue weighted by Gasteiger charge is 2.37. The molecule has 0 bridgehead atoms. The lowest BCUT2D eigenvalue weighted by atomic mass is 9.90. The van der Waals surface area contributed by atoms with Crippen LogP contribution in [0.15, 0.2) is 275 Å². The monoisotopic (exact) mass is 1730 g/mol. The molecule has 125 heavy (non-hydrogen) atoms. The first-order chi connectivity index (χ1) is 60.9. The predicted octanol–water partition coefficient (Wildman–Crippen LogP) is 9.62. The second-order valence-corrected chi connectivity index (χ2v) is 32.7.